The summed E-state index contributed by atoms with van der Waals surface area (Å²) in [6, 6.07) is -0.224. The lowest BCUT2D eigenvalue weighted by molar-refractivity contribution is 0.0225. The first-order chi connectivity index (χ1) is 9.24. The molecule has 0 spiro atoms. The number of nitrogens with one attached hydrogen (secondary N) is 1. The van der Waals surface area contributed by atoms with Gasteiger partial charge in [-0.05, 0) is 45.4 Å². The minimum absolute atomic E-state index is 0.224. The van der Waals surface area contributed by atoms with E-state index >= 15 is 0 Å². The maximum atomic E-state index is 12.0. The summed E-state index contributed by atoms with van der Waals surface area (Å²) in [5.41, 5.74) is -0.512. The van der Waals surface area contributed by atoms with Crippen LogP contribution in [0.25, 0.3) is 0 Å². The minimum Gasteiger partial charge on any atom is -0.444 e. The van der Waals surface area contributed by atoms with E-state index in [1.54, 1.807) is 0 Å². The monoisotopic (exact) mass is 285 g/mol. The minimum atomic E-state index is -0.512. The van der Waals surface area contributed by atoms with Crippen molar-refractivity contribution in [2.45, 2.75) is 84.5 Å². The second kappa shape index (κ2) is 7.30. The Labute approximate surface area is 123 Å². The Balaban J connectivity index is 2.66. The van der Waals surface area contributed by atoms with Gasteiger partial charge >= 0.3 is 6.09 Å². The van der Waals surface area contributed by atoms with Crippen LogP contribution in [-0.4, -0.2) is 28.9 Å². The fraction of sp³-hybridized carbons (Fsp3) is 0.938. The van der Waals surface area contributed by atoms with Crippen molar-refractivity contribution < 1.29 is 14.6 Å². The first kappa shape index (κ1) is 17.3. The summed E-state index contributed by atoms with van der Waals surface area (Å²) in [5, 5.41) is 13.5. The molecule has 4 nitrogen and oxygen atoms in total. The Hall–Kier alpha value is -0.770. The van der Waals surface area contributed by atoms with Gasteiger partial charge in [-0.15, -0.1) is 0 Å². The molecule has 1 aliphatic carbocycles. The van der Waals surface area contributed by atoms with E-state index in [0.29, 0.717) is 5.92 Å². The molecule has 0 radical (unpaired) electrons. The van der Waals surface area contributed by atoms with Crippen LogP contribution in [0.5, 0.6) is 0 Å². The van der Waals surface area contributed by atoms with Crippen LogP contribution < -0.4 is 5.32 Å². The van der Waals surface area contributed by atoms with Crippen molar-refractivity contribution >= 4 is 6.09 Å². The fourth-order valence-electron chi connectivity index (χ4n) is 2.85. The van der Waals surface area contributed by atoms with Crippen LogP contribution >= 0.6 is 0 Å². The second-order valence-corrected chi connectivity index (χ2v) is 7.09. The van der Waals surface area contributed by atoms with E-state index in [9.17, 15) is 9.90 Å². The molecule has 0 aliphatic heterocycles. The van der Waals surface area contributed by atoms with E-state index in [1.807, 2.05) is 20.8 Å². The Morgan fingerprint density at radius 1 is 1.35 bits per heavy atom. The van der Waals surface area contributed by atoms with E-state index in [-0.39, 0.29) is 12.0 Å². The van der Waals surface area contributed by atoms with Crippen LogP contribution in [-0.2, 0) is 4.74 Å². The lowest BCUT2D eigenvalue weighted by Gasteiger charge is -2.33. The Bertz CT molecular complexity index is 305. The van der Waals surface area contributed by atoms with E-state index < -0.39 is 17.8 Å². The van der Waals surface area contributed by atoms with Gasteiger partial charge in [0.1, 0.15) is 5.60 Å². The highest BCUT2D eigenvalue weighted by Gasteiger charge is 2.34. The van der Waals surface area contributed by atoms with Crippen LogP contribution in [0.15, 0.2) is 0 Å². The third kappa shape index (κ3) is 5.31. The molecule has 4 heteroatoms. The summed E-state index contributed by atoms with van der Waals surface area (Å²) in [6.07, 6.45) is 4.50. The zero-order valence-corrected chi connectivity index (χ0v) is 13.6. The number of aliphatic hydroxyl groups excluding tert-OH is 1. The van der Waals surface area contributed by atoms with Crippen molar-refractivity contribution in [3.05, 3.63) is 0 Å². The zero-order chi connectivity index (χ0) is 15.3. The molecular weight excluding hydrogens is 254 g/mol. The standard InChI is InChI=1S/C16H31NO3/c1-6-11(2)13(14(18)12-9-7-8-10-12)17-15(19)20-16(3,4)5/h11-14,18H,6-10H2,1-5H3,(H,17,19). The molecule has 20 heavy (non-hydrogen) atoms. The number of aliphatic hydroxyl groups is 1. The van der Waals surface area contributed by atoms with Crippen molar-refractivity contribution in [1.82, 2.24) is 5.32 Å². The van der Waals surface area contributed by atoms with Crippen LogP contribution in [0.4, 0.5) is 4.79 Å². The SMILES string of the molecule is CCC(C)C(NC(=O)OC(C)(C)C)C(O)C1CCCC1. The Morgan fingerprint density at radius 3 is 2.35 bits per heavy atom. The van der Waals surface area contributed by atoms with Gasteiger partial charge in [-0.25, -0.2) is 4.79 Å². The Morgan fingerprint density at radius 2 is 1.90 bits per heavy atom. The summed E-state index contributed by atoms with van der Waals surface area (Å²) >= 11 is 0. The summed E-state index contributed by atoms with van der Waals surface area (Å²) < 4.78 is 5.31. The van der Waals surface area contributed by atoms with Gasteiger partial charge in [0.05, 0.1) is 12.1 Å². The molecule has 1 rings (SSSR count). The molecule has 118 valence electrons. The van der Waals surface area contributed by atoms with E-state index in [2.05, 4.69) is 19.2 Å². The van der Waals surface area contributed by atoms with Crippen molar-refractivity contribution in [2.24, 2.45) is 11.8 Å². The smallest absolute Gasteiger partial charge is 0.407 e. The van der Waals surface area contributed by atoms with E-state index in [0.717, 1.165) is 19.3 Å². The topological polar surface area (TPSA) is 58.6 Å². The third-order valence-corrected chi connectivity index (χ3v) is 4.19. The van der Waals surface area contributed by atoms with Gasteiger partial charge in [0.25, 0.3) is 0 Å². The van der Waals surface area contributed by atoms with E-state index in [4.69, 9.17) is 4.74 Å². The first-order valence-corrected chi connectivity index (χ1v) is 7.92. The van der Waals surface area contributed by atoms with Crippen LogP contribution in [0, 0.1) is 11.8 Å². The molecule has 0 aromatic carbocycles. The number of carbonyl (C=O) groups is 1. The maximum Gasteiger partial charge on any atom is 0.407 e. The third-order valence-electron chi connectivity index (χ3n) is 4.19. The highest BCUT2D eigenvalue weighted by molar-refractivity contribution is 5.68. The van der Waals surface area contributed by atoms with Crippen molar-refractivity contribution in [3.63, 3.8) is 0 Å². The largest absolute Gasteiger partial charge is 0.444 e. The van der Waals surface area contributed by atoms with Crippen molar-refractivity contribution in [2.75, 3.05) is 0 Å². The number of alkyl carbamates (subject to hydrolysis) is 1. The quantitative estimate of drug-likeness (QED) is 0.813. The lowest BCUT2D eigenvalue weighted by Crippen LogP contribution is -2.51. The highest BCUT2D eigenvalue weighted by atomic mass is 16.6. The summed E-state index contributed by atoms with van der Waals surface area (Å²) in [6.45, 7) is 9.69. The number of amides is 1. The van der Waals surface area contributed by atoms with Crippen molar-refractivity contribution in [3.8, 4) is 0 Å². The number of rotatable bonds is 5. The molecule has 0 aromatic rings. The molecule has 2 N–H and O–H groups in total. The number of ether oxygens (including phenoxy) is 1. The van der Waals surface area contributed by atoms with Gasteiger partial charge in [-0.3, -0.25) is 0 Å². The average Bonchev–Trinajstić information content (AvgIpc) is 2.85. The number of hydrogen-bond acceptors (Lipinski definition) is 3. The van der Waals surface area contributed by atoms with Gasteiger partial charge in [0.2, 0.25) is 0 Å². The molecule has 0 aromatic heterocycles. The lowest BCUT2D eigenvalue weighted by atomic mass is 9.86. The Kier molecular flexibility index (Phi) is 6.31. The van der Waals surface area contributed by atoms with Crippen LogP contribution in [0.2, 0.25) is 0 Å². The molecule has 3 atom stereocenters. The molecule has 0 bridgehead atoms. The molecule has 3 unspecified atom stereocenters. The average molecular weight is 285 g/mol. The molecule has 1 fully saturated rings. The molecule has 1 aliphatic rings. The molecule has 1 amide bonds. The van der Waals surface area contributed by atoms with Gasteiger partial charge in [-0.2, -0.15) is 0 Å². The predicted octanol–water partition coefficient (Wildman–Crippen LogP) is 3.48. The predicted molar refractivity (Wildman–Crippen MR) is 80.6 cm³/mol. The highest BCUT2D eigenvalue weighted by Crippen LogP contribution is 2.31. The molecule has 0 saturated heterocycles. The fourth-order valence-corrected chi connectivity index (χ4v) is 2.85. The molecule has 1 saturated carbocycles. The number of carbonyl (C=O) groups excluding carboxylic acids is 1. The summed E-state index contributed by atoms with van der Waals surface area (Å²) in [4.78, 5) is 12.0. The van der Waals surface area contributed by atoms with Gasteiger partial charge in [-0.1, -0.05) is 33.1 Å². The normalized spacial score (nSPS) is 21.3. The van der Waals surface area contributed by atoms with Crippen LogP contribution in [0.1, 0.15) is 66.7 Å². The first-order valence-electron chi connectivity index (χ1n) is 7.92. The van der Waals surface area contributed by atoms with Gasteiger partial charge in [0, 0.05) is 0 Å². The van der Waals surface area contributed by atoms with E-state index in [1.165, 1.54) is 12.8 Å². The second-order valence-electron chi connectivity index (χ2n) is 7.09. The van der Waals surface area contributed by atoms with Gasteiger partial charge < -0.3 is 15.2 Å². The maximum absolute atomic E-state index is 12.0. The zero-order valence-electron chi connectivity index (χ0n) is 13.6. The summed E-state index contributed by atoms with van der Waals surface area (Å²) in [7, 11) is 0. The number of hydrogen-bond donors (Lipinski definition) is 2. The summed E-state index contributed by atoms with van der Waals surface area (Å²) in [5.74, 6) is 0.544. The molecule has 0 heterocycles. The van der Waals surface area contributed by atoms with Gasteiger partial charge in [0.15, 0.2) is 0 Å². The molecular formula is C16H31NO3. The van der Waals surface area contributed by atoms with Crippen LogP contribution in [0.3, 0.4) is 0 Å². The van der Waals surface area contributed by atoms with Crippen molar-refractivity contribution in [1.29, 1.82) is 0 Å².